The zero-order valence-corrected chi connectivity index (χ0v) is 23.0. The second-order valence-electron chi connectivity index (χ2n) is 10.5. The molecule has 2 aromatic carbocycles. The van der Waals surface area contributed by atoms with E-state index in [0.717, 1.165) is 5.56 Å². The Balaban J connectivity index is 1.70. The summed E-state index contributed by atoms with van der Waals surface area (Å²) in [7, 11) is 3.71. The second-order valence-corrected chi connectivity index (χ2v) is 10.5. The minimum absolute atomic E-state index is 0.0323. The Morgan fingerprint density at radius 3 is 2.59 bits per heavy atom. The van der Waals surface area contributed by atoms with Gasteiger partial charge in [-0.15, -0.1) is 0 Å². The molecule has 5 unspecified atom stereocenters. The number of fused-ring (bicyclic) bond motifs is 3. The molecule has 9 nitrogen and oxygen atoms in total. The minimum Gasteiger partial charge on any atom is -0.507 e. The lowest BCUT2D eigenvalue weighted by Gasteiger charge is -2.34. The van der Waals surface area contributed by atoms with E-state index in [1.807, 2.05) is 63.2 Å². The minimum atomic E-state index is -0.930. The zero-order chi connectivity index (χ0) is 28.1. The third kappa shape index (κ3) is 6.42. The Morgan fingerprint density at radius 2 is 1.90 bits per heavy atom. The van der Waals surface area contributed by atoms with Crippen LogP contribution in [0.15, 0.2) is 54.7 Å². The number of likely N-dealkylation sites (N-methyl/N-ethyl adjacent to an activating group) is 1. The monoisotopic (exact) mass is 534 g/mol. The van der Waals surface area contributed by atoms with Crippen LogP contribution in [0.5, 0.6) is 11.5 Å². The summed E-state index contributed by atoms with van der Waals surface area (Å²) in [5.74, 6) is -0.624. The van der Waals surface area contributed by atoms with Crippen LogP contribution in [0, 0.1) is 5.92 Å². The molecule has 1 fully saturated rings. The quantitative estimate of drug-likeness (QED) is 0.525. The molecule has 0 aromatic heterocycles. The van der Waals surface area contributed by atoms with Crippen molar-refractivity contribution in [2.75, 3.05) is 20.6 Å². The molecule has 2 bridgehead atoms. The molecule has 0 saturated carbocycles. The topological polar surface area (TPSA) is 111 Å². The lowest BCUT2D eigenvalue weighted by atomic mass is 9.97. The maximum Gasteiger partial charge on any atom is 0.247 e. The number of hydrogen-bond donors (Lipinski definition) is 3. The first kappa shape index (κ1) is 28.2. The van der Waals surface area contributed by atoms with E-state index < -0.39 is 30.1 Å². The summed E-state index contributed by atoms with van der Waals surface area (Å²) in [5, 5.41) is 16.0. The highest BCUT2D eigenvalue weighted by atomic mass is 16.5. The highest BCUT2D eigenvalue weighted by molar-refractivity contribution is 5.94. The number of phenols is 1. The molecule has 39 heavy (non-hydrogen) atoms. The van der Waals surface area contributed by atoms with Crippen LogP contribution in [0.2, 0.25) is 0 Å². The van der Waals surface area contributed by atoms with Crippen molar-refractivity contribution in [3.63, 3.8) is 0 Å². The number of amides is 3. The van der Waals surface area contributed by atoms with Gasteiger partial charge < -0.3 is 25.4 Å². The van der Waals surface area contributed by atoms with Crippen molar-refractivity contribution in [2.45, 2.75) is 57.3 Å². The summed E-state index contributed by atoms with van der Waals surface area (Å²) >= 11 is 0. The van der Waals surface area contributed by atoms with Crippen molar-refractivity contribution in [2.24, 2.45) is 5.92 Å². The van der Waals surface area contributed by atoms with Gasteiger partial charge in [0.05, 0.1) is 6.04 Å². The number of carbonyl (C=O) groups is 3. The van der Waals surface area contributed by atoms with Crippen molar-refractivity contribution in [3.8, 4) is 11.5 Å². The van der Waals surface area contributed by atoms with Crippen LogP contribution in [0.25, 0.3) is 6.08 Å². The molecule has 1 saturated heterocycles. The van der Waals surface area contributed by atoms with E-state index >= 15 is 0 Å². The Hall–Kier alpha value is -3.85. The van der Waals surface area contributed by atoms with Gasteiger partial charge in [0.15, 0.2) is 0 Å². The van der Waals surface area contributed by atoms with E-state index in [4.69, 9.17) is 4.74 Å². The summed E-state index contributed by atoms with van der Waals surface area (Å²) in [6.07, 6.45) is 4.01. The van der Waals surface area contributed by atoms with Gasteiger partial charge in [0.2, 0.25) is 17.7 Å². The number of likely N-dealkylation sites (tertiary alicyclic amines) is 1. The van der Waals surface area contributed by atoms with E-state index in [0.29, 0.717) is 37.1 Å². The fraction of sp³-hybridized carbons (Fsp3) is 0.433. The van der Waals surface area contributed by atoms with Crippen LogP contribution >= 0.6 is 0 Å². The molecule has 4 rings (SSSR count). The summed E-state index contributed by atoms with van der Waals surface area (Å²) in [6.45, 7) is 4.19. The average Bonchev–Trinajstić information content (AvgIpc) is 3.34. The van der Waals surface area contributed by atoms with E-state index in [1.54, 1.807) is 23.1 Å². The molecular weight excluding hydrogens is 496 g/mol. The van der Waals surface area contributed by atoms with Crippen molar-refractivity contribution in [1.82, 2.24) is 20.4 Å². The number of ether oxygens (including phenoxy) is 1. The van der Waals surface area contributed by atoms with E-state index in [2.05, 4.69) is 10.6 Å². The van der Waals surface area contributed by atoms with E-state index in [9.17, 15) is 19.5 Å². The smallest absolute Gasteiger partial charge is 0.247 e. The molecule has 0 aliphatic carbocycles. The van der Waals surface area contributed by atoms with Crippen LogP contribution < -0.4 is 15.4 Å². The standard InChI is InChI=1S/C30H38N4O5/c1-5-19(2)26-28(36)31-15-13-21-18-22(11-12-24(21)35)39-25-14-16-34(27(25)29(37)32-26)30(38)23(33(3)4)17-20-9-7-6-8-10-20/h6-13,15,18-19,23,25-27,35H,5,14,16-17H2,1-4H3,(H,31,36)(H,32,37). The Kier molecular flexibility index (Phi) is 8.91. The molecule has 3 N–H and O–H groups in total. The van der Waals surface area contributed by atoms with Crippen LogP contribution in [0.3, 0.4) is 0 Å². The van der Waals surface area contributed by atoms with Crippen LogP contribution in [0.4, 0.5) is 0 Å². The number of hydrogen-bond acceptors (Lipinski definition) is 6. The molecule has 208 valence electrons. The van der Waals surface area contributed by atoms with Crippen molar-refractivity contribution < 1.29 is 24.2 Å². The number of carbonyl (C=O) groups excluding carboxylic acids is 3. The van der Waals surface area contributed by atoms with Gasteiger partial charge in [-0.05, 0) is 56.3 Å². The van der Waals surface area contributed by atoms with Crippen molar-refractivity contribution >= 4 is 23.8 Å². The van der Waals surface area contributed by atoms with Crippen molar-refractivity contribution in [3.05, 3.63) is 65.9 Å². The molecule has 0 spiro atoms. The summed E-state index contributed by atoms with van der Waals surface area (Å²) in [6, 6.07) is 12.3. The van der Waals surface area contributed by atoms with Crippen molar-refractivity contribution in [1.29, 1.82) is 0 Å². The molecule has 0 radical (unpaired) electrons. The number of aromatic hydroxyl groups is 1. The largest absolute Gasteiger partial charge is 0.507 e. The van der Waals surface area contributed by atoms with Gasteiger partial charge in [-0.3, -0.25) is 19.3 Å². The van der Waals surface area contributed by atoms with E-state index in [1.165, 1.54) is 12.3 Å². The fourth-order valence-electron chi connectivity index (χ4n) is 5.12. The summed E-state index contributed by atoms with van der Waals surface area (Å²) < 4.78 is 6.29. The average molecular weight is 535 g/mol. The number of benzene rings is 2. The Morgan fingerprint density at radius 1 is 1.15 bits per heavy atom. The molecule has 2 aliphatic rings. The van der Waals surface area contributed by atoms with Gasteiger partial charge >= 0.3 is 0 Å². The fourth-order valence-corrected chi connectivity index (χ4v) is 5.12. The molecule has 2 aliphatic heterocycles. The normalized spacial score (nSPS) is 22.9. The van der Waals surface area contributed by atoms with Gasteiger partial charge in [-0.1, -0.05) is 50.6 Å². The van der Waals surface area contributed by atoms with E-state index in [-0.39, 0.29) is 23.5 Å². The third-order valence-electron chi connectivity index (χ3n) is 7.64. The van der Waals surface area contributed by atoms with Gasteiger partial charge in [-0.2, -0.15) is 0 Å². The zero-order valence-electron chi connectivity index (χ0n) is 23.0. The van der Waals surface area contributed by atoms with Gasteiger partial charge in [0, 0.05) is 24.7 Å². The Bertz CT molecular complexity index is 1220. The Labute approximate surface area is 229 Å². The first-order valence-electron chi connectivity index (χ1n) is 13.5. The first-order valence-corrected chi connectivity index (χ1v) is 13.5. The SMILES string of the molecule is CCC(C)C1NC(=O)C2C(CCN2C(=O)C(Cc2ccccc2)N(C)C)Oc2ccc(O)c(c2)C=CNC1=O. The molecule has 3 amide bonds. The lowest BCUT2D eigenvalue weighted by molar-refractivity contribution is -0.144. The van der Waals surface area contributed by atoms with Gasteiger partial charge in [-0.25, -0.2) is 0 Å². The predicted octanol–water partition coefficient (Wildman–Crippen LogP) is 2.54. The second kappa shape index (κ2) is 12.3. The summed E-state index contributed by atoms with van der Waals surface area (Å²) in [5.41, 5.74) is 1.48. The molecule has 5 atom stereocenters. The van der Waals surface area contributed by atoms with Crippen LogP contribution in [-0.2, 0) is 20.8 Å². The lowest BCUT2D eigenvalue weighted by Crippen LogP contribution is -2.59. The number of phenolic OH excluding ortho intramolecular Hbond substituents is 1. The number of nitrogens with zero attached hydrogens (tertiary/aromatic N) is 2. The highest BCUT2D eigenvalue weighted by Crippen LogP contribution is 2.30. The third-order valence-corrected chi connectivity index (χ3v) is 7.64. The molecule has 2 aromatic rings. The maximum atomic E-state index is 14.0. The predicted molar refractivity (Wildman–Crippen MR) is 149 cm³/mol. The maximum absolute atomic E-state index is 14.0. The molecule has 2 heterocycles. The number of rotatable bonds is 6. The first-order chi connectivity index (χ1) is 18.7. The van der Waals surface area contributed by atoms with Crippen LogP contribution in [0.1, 0.15) is 37.8 Å². The van der Waals surface area contributed by atoms with Gasteiger partial charge in [0.25, 0.3) is 0 Å². The molecular formula is C30H38N4O5. The van der Waals surface area contributed by atoms with Gasteiger partial charge in [0.1, 0.15) is 29.7 Å². The molecule has 9 heteroatoms. The van der Waals surface area contributed by atoms with Crippen LogP contribution in [-0.4, -0.2) is 77.5 Å². The summed E-state index contributed by atoms with van der Waals surface area (Å²) in [4.78, 5) is 44.5. The number of nitrogens with one attached hydrogen (secondary N) is 2. The highest BCUT2D eigenvalue weighted by Gasteiger charge is 2.46.